The van der Waals surface area contributed by atoms with Crippen LogP contribution < -0.4 is 14.8 Å². The van der Waals surface area contributed by atoms with Gasteiger partial charge in [-0.3, -0.25) is 14.3 Å². The summed E-state index contributed by atoms with van der Waals surface area (Å²) in [6.07, 6.45) is 9.67. The average Bonchev–Trinajstić information content (AvgIpc) is 3.43. The molecule has 0 radical (unpaired) electrons. The number of nitrogens with zero attached hydrogens (tertiary/aromatic N) is 3. The second-order valence-electron chi connectivity index (χ2n) is 11.2. The van der Waals surface area contributed by atoms with Gasteiger partial charge in [0.25, 0.3) is 5.91 Å². The van der Waals surface area contributed by atoms with Crippen molar-refractivity contribution >= 4 is 11.8 Å². The number of carbonyl (C=O) groups is 2. The number of hydrogen-bond acceptors (Lipinski definition) is 6. The Balaban J connectivity index is 1.93. The minimum Gasteiger partial charge on any atom is -0.496 e. The lowest BCUT2D eigenvalue weighted by Gasteiger charge is -2.27. The van der Waals surface area contributed by atoms with Gasteiger partial charge in [-0.1, -0.05) is 64.9 Å². The summed E-state index contributed by atoms with van der Waals surface area (Å²) in [5, 5.41) is 7.83. The molecule has 0 bridgehead atoms. The highest BCUT2D eigenvalue weighted by atomic mass is 16.5. The van der Waals surface area contributed by atoms with Crippen LogP contribution in [-0.4, -0.2) is 74.1 Å². The van der Waals surface area contributed by atoms with E-state index in [0.29, 0.717) is 49.5 Å². The van der Waals surface area contributed by atoms with E-state index >= 15 is 0 Å². The van der Waals surface area contributed by atoms with Crippen LogP contribution in [0.1, 0.15) is 82.1 Å². The second-order valence-corrected chi connectivity index (χ2v) is 11.2. The summed E-state index contributed by atoms with van der Waals surface area (Å²) in [4.78, 5) is 28.8. The summed E-state index contributed by atoms with van der Waals surface area (Å²) in [6.45, 7) is 5.89. The fourth-order valence-electron chi connectivity index (χ4n) is 5.74. The van der Waals surface area contributed by atoms with Crippen LogP contribution in [-0.2, 0) is 16.1 Å². The third-order valence-electron chi connectivity index (χ3n) is 8.48. The lowest BCUT2D eigenvalue weighted by atomic mass is 9.85. The van der Waals surface area contributed by atoms with Crippen LogP contribution in [0.4, 0.5) is 0 Å². The molecule has 9 nitrogen and oxygen atoms in total. The summed E-state index contributed by atoms with van der Waals surface area (Å²) in [5.41, 5.74) is 1.77. The molecule has 2 aromatic rings. The first-order valence-electron chi connectivity index (χ1n) is 15.2. The van der Waals surface area contributed by atoms with Gasteiger partial charge >= 0.3 is 0 Å². The minimum atomic E-state index is -0.625. The summed E-state index contributed by atoms with van der Waals surface area (Å²) in [6, 6.07) is 6.79. The van der Waals surface area contributed by atoms with Crippen LogP contribution in [0.25, 0.3) is 11.3 Å². The number of nitrogens with one attached hydrogen (secondary N) is 1. The Morgan fingerprint density at radius 3 is 2.32 bits per heavy atom. The predicted molar refractivity (Wildman–Crippen MR) is 161 cm³/mol. The Kier molecular flexibility index (Phi) is 13.0. The van der Waals surface area contributed by atoms with Crippen molar-refractivity contribution in [3.8, 4) is 22.8 Å². The average molecular weight is 571 g/mol. The highest BCUT2D eigenvalue weighted by Gasteiger charge is 2.28. The number of rotatable bonds is 16. The smallest absolute Gasteiger partial charge is 0.272 e. The van der Waals surface area contributed by atoms with Gasteiger partial charge in [0.15, 0.2) is 5.69 Å². The van der Waals surface area contributed by atoms with E-state index in [1.165, 1.54) is 32.1 Å². The van der Waals surface area contributed by atoms with Crippen molar-refractivity contribution in [3.05, 3.63) is 30.0 Å². The van der Waals surface area contributed by atoms with Crippen LogP contribution in [0.2, 0.25) is 0 Å². The number of ether oxygens (including phenoxy) is 3. The van der Waals surface area contributed by atoms with Crippen molar-refractivity contribution in [1.82, 2.24) is 20.0 Å². The zero-order valence-corrected chi connectivity index (χ0v) is 25.9. The van der Waals surface area contributed by atoms with Crippen molar-refractivity contribution < 1.29 is 23.8 Å². The normalized spacial score (nSPS) is 14.6. The lowest BCUT2D eigenvalue weighted by Crippen LogP contribution is -2.48. The number of likely N-dealkylation sites (N-methyl/N-ethyl adjacent to an activating group) is 1. The fraction of sp³-hybridized carbons (Fsp3) is 0.656. The first kappa shape index (κ1) is 32.4. The molecule has 1 heterocycles. The summed E-state index contributed by atoms with van der Waals surface area (Å²) >= 11 is 0. The van der Waals surface area contributed by atoms with Crippen molar-refractivity contribution in [2.24, 2.45) is 11.8 Å². The van der Waals surface area contributed by atoms with E-state index < -0.39 is 6.04 Å². The molecule has 1 aromatic carbocycles. The Hall–Kier alpha value is -3.07. The van der Waals surface area contributed by atoms with E-state index in [4.69, 9.17) is 19.3 Å². The number of aromatic nitrogens is 2. The maximum atomic E-state index is 13.7. The van der Waals surface area contributed by atoms with E-state index in [2.05, 4.69) is 19.2 Å². The van der Waals surface area contributed by atoms with Gasteiger partial charge in [-0.15, -0.1) is 0 Å². The Bertz CT molecular complexity index is 1090. The van der Waals surface area contributed by atoms with E-state index in [1.807, 2.05) is 22.9 Å². The van der Waals surface area contributed by atoms with E-state index in [-0.39, 0.29) is 17.5 Å². The lowest BCUT2D eigenvalue weighted by molar-refractivity contribution is -0.132. The molecular weight excluding hydrogens is 520 g/mol. The monoisotopic (exact) mass is 570 g/mol. The highest BCUT2D eigenvalue weighted by Crippen LogP contribution is 2.39. The second kappa shape index (κ2) is 16.4. The molecule has 1 N–H and O–H groups in total. The molecule has 41 heavy (non-hydrogen) atoms. The molecule has 9 heteroatoms. The molecular formula is C32H50N4O5. The number of carbonyl (C=O) groups excluding carboxylic acids is 2. The zero-order valence-electron chi connectivity index (χ0n) is 25.9. The largest absolute Gasteiger partial charge is 0.496 e. The Labute approximate surface area is 245 Å². The minimum absolute atomic E-state index is 0.103. The molecule has 228 valence electrons. The molecule has 0 spiro atoms. The molecule has 0 unspecified atom stereocenters. The van der Waals surface area contributed by atoms with Gasteiger partial charge in [0.1, 0.15) is 17.5 Å². The highest BCUT2D eigenvalue weighted by molar-refractivity contribution is 5.97. The number of hydrogen-bond donors (Lipinski definition) is 1. The molecule has 1 aliphatic carbocycles. The topological polar surface area (TPSA) is 94.9 Å². The predicted octanol–water partition coefficient (Wildman–Crippen LogP) is 5.57. The Morgan fingerprint density at radius 2 is 1.73 bits per heavy atom. The first-order valence-corrected chi connectivity index (χ1v) is 15.2. The van der Waals surface area contributed by atoms with Crippen molar-refractivity contribution in [2.45, 2.75) is 84.2 Å². The summed E-state index contributed by atoms with van der Waals surface area (Å²) in [7, 11) is 6.62. The molecule has 0 saturated heterocycles. The number of methoxy groups -OCH3 is 3. The van der Waals surface area contributed by atoms with Crippen molar-refractivity contribution in [2.75, 3.05) is 41.5 Å². The van der Waals surface area contributed by atoms with E-state index in [1.54, 1.807) is 39.3 Å². The summed E-state index contributed by atoms with van der Waals surface area (Å²) < 4.78 is 18.4. The van der Waals surface area contributed by atoms with Gasteiger partial charge in [-0.05, 0) is 42.9 Å². The zero-order chi connectivity index (χ0) is 29.8. The van der Waals surface area contributed by atoms with E-state index in [9.17, 15) is 9.59 Å². The number of amides is 2. The van der Waals surface area contributed by atoms with Crippen LogP contribution >= 0.6 is 0 Å². The molecule has 1 atom stereocenters. The number of benzene rings is 1. The first-order chi connectivity index (χ1) is 19.9. The third-order valence-corrected chi connectivity index (χ3v) is 8.48. The quantitative estimate of drug-likeness (QED) is 0.284. The molecule has 3 rings (SSSR count). The van der Waals surface area contributed by atoms with Gasteiger partial charge in [0.2, 0.25) is 5.91 Å². The standard InChI is InChI=1S/C32H50N4O5/c1-7-23(8-2)22-36-27(30-28(40-5)15-12-16-29(30)41-6)21-26(34-36)31(37)33-25(32(38)35(3)19-20-39-4)18-17-24-13-10-9-11-14-24/h12,15-16,21,23-25H,7-11,13-14,17-20,22H2,1-6H3,(H,33,37)/t25-/m0/s1. The van der Waals surface area contributed by atoms with Crippen LogP contribution in [0.15, 0.2) is 24.3 Å². The molecule has 2 amide bonds. The molecule has 1 saturated carbocycles. The van der Waals surface area contributed by atoms with Gasteiger partial charge in [-0.25, -0.2) is 0 Å². The molecule has 1 fully saturated rings. The van der Waals surface area contributed by atoms with Gasteiger partial charge in [-0.2, -0.15) is 5.10 Å². The third kappa shape index (κ3) is 8.71. The van der Waals surface area contributed by atoms with E-state index in [0.717, 1.165) is 30.5 Å². The van der Waals surface area contributed by atoms with Gasteiger partial charge in [0.05, 0.1) is 32.1 Å². The maximum absolute atomic E-state index is 13.7. The van der Waals surface area contributed by atoms with Crippen LogP contribution in [0.5, 0.6) is 11.5 Å². The van der Waals surface area contributed by atoms with Crippen molar-refractivity contribution in [3.63, 3.8) is 0 Å². The van der Waals surface area contributed by atoms with Gasteiger partial charge in [0, 0.05) is 27.2 Å². The SMILES string of the molecule is CCC(CC)Cn1nc(C(=O)N[C@@H](CCC2CCCCC2)C(=O)N(C)CCOC)cc1-c1c(OC)cccc1OC. The van der Waals surface area contributed by atoms with Gasteiger partial charge < -0.3 is 24.4 Å². The Morgan fingerprint density at radius 1 is 1.07 bits per heavy atom. The van der Waals surface area contributed by atoms with Crippen molar-refractivity contribution in [1.29, 1.82) is 0 Å². The fourth-order valence-corrected chi connectivity index (χ4v) is 5.74. The van der Waals surface area contributed by atoms with Crippen LogP contribution in [0, 0.1) is 11.8 Å². The summed E-state index contributed by atoms with van der Waals surface area (Å²) in [5.74, 6) is 1.82. The maximum Gasteiger partial charge on any atom is 0.272 e. The molecule has 1 aromatic heterocycles. The molecule has 0 aliphatic heterocycles. The molecule has 1 aliphatic rings. The van der Waals surface area contributed by atoms with Crippen LogP contribution in [0.3, 0.4) is 0 Å².